The minimum Gasteiger partial charge on any atom is -0.299 e. The van der Waals surface area contributed by atoms with Gasteiger partial charge in [-0.3, -0.25) is 9.59 Å². The number of allylic oxidation sites excluding steroid dienone is 6. The first-order chi connectivity index (χ1) is 11.3. The first-order valence-corrected chi connectivity index (χ1v) is 9.53. The summed E-state index contributed by atoms with van der Waals surface area (Å²) in [5.41, 5.74) is 1.96. The highest BCUT2D eigenvalue weighted by Crippen LogP contribution is 2.65. The second kappa shape index (κ2) is 5.17. The summed E-state index contributed by atoms with van der Waals surface area (Å²) >= 11 is 6.48. The van der Waals surface area contributed by atoms with Crippen molar-refractivity contribution in [2.24, 2.45) is 28.6 Å². The Hall–Kier alpha value is -1.15. The van der Waals surface area contributed by atoms with Crippen LogP contribution in [0.5, 0.6) is 0 Å². The molecule has 4 aliphatic carbocycles. The lowest BCUT2D eigenvalue weighted by Crippen LogP contribution is -2.50. The molecular weight excluding hydrogens is 320 g/mol. The third-order valence-corrected chi connectivity index (χ3v) is 7.97. The fourth-order valence-electron chi connectivity index (χ4n) is 6.27. The van der Waals surface area contributed by atoms with Crippen LogP contribution in [0.3, 0.4) is 0 Å². The van der Waals surface area contributed by atoms with Gasteiger partial charge >= 0.3 is 0 Å². The van der Waals surface area contributed by atoms with E-state index in [0.29, 0.717) is 28.6 Å². The Balaban J connectivity index is 1.84. The highest BCUT2D eigenvalue weighted by molar-refractivity contribution is 6.45. The van der Waals surface area contributed by atoms with Crippen LogP contribution in [0.25, 0.3) is 0 Å². The van der Waals surface area contributed by atoms with E-state index in [0.717, 1.165) is 37.7 Å². The molecule has 0 aliphatic heterocycles. The predicted molar refractivity (Wildman–Crippen MR) is 95.6 cm³/mol. The monoisotopic (exact) mass is 344 g/mol. The number of hydrogen-bond donors (Lipinski definition) is 0. The van der Waals surface area contributed by atoms with E-state index in [-0.39, 0.29) is 16.6 Å². The number of carbonyl (C=O) groups is 2. The van der Waals surface area contributed by atoms with Crippen molar-refractivity contribution in [3.8, 4) is 0 Å². The zero-order valence-corrected chi connectivity index (χ0v) is 15.5. The molecule has 0 spiro atoms. The molecule has 0 amide bonds. The summed E-state index contributed by atoms with van der Waals surface area (Å²) in [6, 6.07) is 0. The molecule has 0 N–H and O–H groups in total. The molecule has 3 fully saturated rings. The van der Waals surface area contributed by atoms with E-state index in [2.05, 4.69) is 26.0 Å². The average molecular weight is 345 g/mol. The fraction of sp³-hybridized carbons (Fsp3) is 0.619. The summed E-state index contributed by atoms with van der Waals surface area (Å²) in [4.78, 5) is 24.7. The van der Waals surface area contributed by atoms with Gasteiger partial charge in [-0.1, -0.05) is 37.6 Å². The number of fused-ring (bicyclic) bond motifs is 5. The molecule has 0 bridgehead atoms. The second-order valence-corrected chi connectivity index (χ2v) is 8.86. The molecule has 0 radical (unpaired) electrons. The Labute approximate surface area is 149 Å². The summed E-state index contributed by atoms with van der Waals surface area (Å²) in [5, 5.41) is 0.405. The highest BCUT2D eigenvalue weighted by Gasteiger charge is 2.59. The molecule has 24 heavy (non-hydrogen) atoms. The zero-order chi connectivity index (χ0) is 17.3. The van der Waals surface area contributed by atoms with Crippen LogP contribution < -0.4 is 0 Å². The summed E-state index contributed by atoms with van der Waals surface area (Å²) in [7, 11) is 0. The molecule has 3 heteroatoms. The summed E-state index contributed by atoms with van der Waals surface area (Å²) in [5.74, 6) is 1.85. The van der Waals surface area contributed by atoms with Crippen molar-refractivity contribution in [2.45, 2.75) is 52.9 Å². The lowest BCUT2D eigenvalue weighted by molar-refractivity contribution is -0.131. The molecular formula is C21H25ClO2. The lowest BCUT2D eigenvalue weighted by Gasteiger charge is -2.56. The normalized spacial score (nSPS) is 46.2. The Kier molecular flexibility index (Phi) is 3.52. The van der Waals surface area contributed by atoms with Crippen LogP contribution in [0.15, 0.2) is 34.4 Å². The number of hydrogen-bond acceptors (Lipinski definition) is 2. The molecule has 0 aromatic carbocycles. The molecule has 0 heterocycles. The lowest BCUT2D eigenvalue weighted by atomic mass is 9.47. The highest BCUT2D eigenvalue weighted by atomic mass is 35.5. The van der Waals surface area contributed by atoms with Gasteiger partial charge in [-0.05, 0) is 67.6 Å². The maximum atomic E-state index is 12.5. The van der Waals surface area contributed by atoms with Crippen molar-refractivity contribution in [3.63, 3.8) is 0 Å². The van der Waals surface area contributed by atoms with Gasteiger partial charge in [0, 0.05) is 17.3 Å². The van der Waals surface area contributed by atoms with Gasteiger partial charge in [-0.15, -0.1) is 0 Å². The van der Waals surface area contributed by atoms with Crippen molar-refractivity contribution >= 4 is 23.2 Å². The average Bonchev–Trinajstić information content (AvgIpc) is 2.86. The maximum Gasteiger partial charge on any atom is 0.197 e. The quantitative estimate of drug-likeness (QED) is 0.620. The first-order valence-electron chi connectivity index (χ1n) is 9.15. The standard InChI is InChI=1S/C21H25ClO2/c1-4-12-11-13-14-5-6-17(24)20(14,2)9-7-15(13)21(3)10-8-16(23)19(22)18(12)21/h4,8,10,13-15H,5-7,9,11H2,1-3H3/t13-,14-,15-,20-,21+/m0/s1. The molecule has 2 nitrogen and oxygen atoms in total. The minimum absolute atomic E-state index is 0.0707. The Morgan fingerprint density at radius 3 is 2.67 bits per heavy atom. The minimum atomic E-state index is -0.178. The molecule has 4 rings (SSSR count). The zero-order valence-electron chi connectivity index (χ0n) is 14.7. The van der Waals surface area contributed by atoms with Gasteiger partial charge in [0.1, 0.15) is 5.78 Å². The number of carbonyl (C=O) groups excluding carboxylic acids is 2. The van der Waals surface area contributed by atoms with Crippen molar-refractivity contribution in [1.29, 1.82) is 0 Å². The Morgan fingerprint density at radius 1 is 1.21 bits per heavy atom. The van der Waals surface area contributed by atoms with E-state index in [9.17, 15) is 9.59 Å². The topological polar surface area (TPSA) is 34.1 Å². The molecule has 0 aromatic rings. The van der Waals surface area contributed by atoms with Gasteiger partial charge in [-0.2, -0.15) is 0 Å². The molecule has 0 saturated heterocycles. The van der Waals surface area contributed by atoms with Crippen molar-refractivity contribution in [1.82, 2.24) is 0 Å². The SMILES string of the molecule is CC=C1C[C@@H]2[C@H](CC[C@]3(C)C(=O)CC[C@@H]23)[C@@]2(C)C=CC(=O)C(Cl)=C12. The van der Waals surface area contributed by atoms with E-state index in [1.807, 2.05) is 6.92 Å². The van der Waals surface area contributed by atoms with Gasteiger partial charge < -0.3 is 0 Å². The van der Waals surface area contributed by atoms with Gasteiger partial charge in [-0.25, -0.2) is 0 Å². The molecule has 0 unspecified atom stereocenters. The predicted octanol–water partition coefficient (Wildman–Crippen LogP) is 4.99. The van der Waals surface area contributed by atoms with E-state index >= 15 is 0 Å². The molecule has 128 valence electrons. The van der Waals surface area contributed by atoms with Crippen LogP contribution in [0.4, 0.5) is 0 Å². The van der Waals surface area contributed by atoms with Crippen molar-refractivity contribution in [2.75, 3.05) is 0 Å². The van der Waals surface area contributed by atoms with E-state index < -0.39 is 0 Å². The number of ketones is 2. The largest absolute Gasteiger partial charge is 0.299 e. The third-order valence-electron chi connectivity index (χ3n) is 7.60. The van der Waals surface area contributed by atoms with Crippen LogP contribution in [0.2, 0.25) is 0 Å². The third kappa shape index (κ3) is 1.89. The van der Waals surface area contributed by atoms with E-state index in [1.165, 1.54) is 5.57 Å². The van der Waals surface area contributed by atoms with Crippen LogP contribution in [-0.4, -0.2) is 11.6 Å². The number of rotatable bonds is 0. The van der Waals surface area contributed by atoms with Gasteiger partial charge in [0.15, 0.2) is 5.78 Å². The maximum absolute atomic E-state index is 12.5. The van der Waals surface area contributed by atoms with E-state index in [1.54, 1.807) is 6.08 Å². The molecule has 3 saturated carbocycles. The van der Waals surface area contributed by atoms with Crippen LogP contribution >= 0.6 is 11.6 Å². The number of Topliss-reactive ketones (excluding diaryl/α,β-unsaturated/α-hetero) is 1. The van der Waals surface area contributed by atoms with Crippen molar-refractivity contribution in [3.05, 3.63) is 34.4 Å². The van der Waals surface area contributed by atoms with Gasteiger partial charge in [0.2, 0.25) is 0 Å². The Bertz CT molecular complexity index is 728. The number of halogens is 1. The van der Waals surface area contributed by atoms with Crippen molar-refractivity contribution < 1.29 is 9.59 Å². The summed E-state index contributed by atoms with van der Waals surface area (Å²) in [6.07, 6.45) is 10.6. The van der Waals surface area contributed by atoms with E-state index in [4.69, 9.17) is 11.6 Å². The van der Waals surface area contributed by atoms with Crippen LogP contribution in [-0.2, 0) is 9.59 Å². The smallest absolute Gasteiger partial charge is 0.197 e. The summed E-state index contributed by atoms with van der Waals surface area (Å²) in [6.45, 7) is 6.48. The molecule has 5 atom stereocenters. The summed E-state index contributed by atoms with van der Waals surface area (Å²) < 4.78 is 0. The van der Waals surface area contributed by atoms with Crippen LogP contribution in [0, 0.1) is 28.6 Å². The second-order valence-electron chi connectivity index (χ2n) is 8.48. The molecule has 4 aliphatic rings. The van der Waals surface area contributed by atoms with Gasteiger partial charge in [0.05, 0.1) is 5.03 Å². The first kappa shape index (κ1) is 16.3. The molecule has 0 aromatic heterocycles. The van der Waals surface area contributed by atoms with Gasteiger partial charge in [0.25, 0.3) is 0 Å². The fourth-order valence-corrected chi connectivity index (χ4v) is 6.65. The van der Waals surface area contributed by atoms with Crippen LogP contribution in [0.1, 0.15) is 52.9 Å². The Morgan fingerprint density at radius 2 is 1.96 bits per heavy atom.